The molecule has 0 saturated heterocycles. The summed E-state index contributed by atoms with van der Waals surface area (Å²) in [7, 11) is 0. The lowest BCUT2D eigenvalue weighted by molar-refractivity contribution is 0.0861. The van der Waals surface area contributed by atoms with E-state index in [2.05, 4.69) is 9.88 Å². The second kappa shape index (κ2) is 7.35. The van der Waals surface area contributed by atoms with Crippen molar-refractivity contribution in [3.63, 3.8) is 0 Å². The van der Waals surface area contributed by atoms with Crippen molar-refractivity contribution < 1.29 is 14.3 Å². The minimum Gasteiger partial charge on any atom is -0.478 e. The average Bonchev–Trinajstić information content (AvgIpc) is 3.06. The van der Waals surface area contributed by atoms with Crippen LogP contribution in [0.15, 0.2) is 66.6 Å². The highest BCUT2D eigenvalue weighted by molar-refractivity contribution is 6.32. The SMILES string of the molecule is O=C1C(=Cc2ccccc2Cl)Oc2c1ccc1c2CN(Cc2ccccn2)CO1. The molecule has 0 N–H and O–H groups in total. The zero-order valence-corrected chi connectivity index (χ0v) is 16.2. The Morgan fingerprint density at radius 1 is 1.10 bits per heavy atom. The molecule has 2 aliphatic heterocycles. The second-order valence-electron chi connectivity index (χ2n) is 6.96. The van der Waals surface area contributed by atoms with E-state index in [1.54, 1.807) is 24.4 Å². The van der Waals surface area contributed by atoms with Crippen LogP contribution in [-0.2, 0) is 13.1 Å². The molecule has 0 saturated carbocycles. The van der Waals surface area contributed by atoms with Crippen LogP contribution in [0.5, 0.6) is 11.5 Å². The normalized spacial score (nSPS) is 16.9. The summed E-state index contributed by atoms with van der Waals surface area (Å²) in [5.74, 6) is 1.43. The third-order valence-electron chi connectivity index (χ3n) is 4.99. The second-order valence-corrected chi connectivity index (χ2v) is 7.37. The molecule has 29 heavy (non-hydrogen) atoms. The summed E-state index contributed by atoms with van der Waals surface area (Å²) in [6.07, 6.45) is 3.46. The van der Waals surface area contributed by atoms with E-state index in [9.17, 15) is 4.79 Å². The maximum Gasteiger partial charge on any atom is 0.231 e. The first-order chi connectivity index (χ1) is 14.2. The number of allylic oxidation sites excluding steroid dienone is 1. The molecular weight excluding hydrogens is 388 g/mol. The molecule has 5 nitrogen and oxygen atoms in total. The van der Waals surface area contributed by atoms with Gasteiger partial charge in [-0.2, -0.15) is 0 Å². The minimum absolute atomic E-state index is 0.149. The summed E-state index contributed by atoms with van der Waals surface area (Å²) in [6.45, 7) is 1.72. The van der Waals surface area contributed by atoms with E-state index in [0.717, 1.165) is 22.6 Å². The van der Waals surface area contributed by atoms with Gasteiger partial charge < -0.3 is 9.47 Å². The molecule has 0 unspecified atom stereocenters. The van der Waals surface area contributed by atoms with E-state index in [4.69, 9.17) is 21.1 Å². The zero-order chi connectivity index (χ0) is 19.8. The van der Waals surface area contributed by atoms with E-state index < -0.39 is 0 Å². The Hall–Kier alpha value is -3.15. The van der Waals surface area contributed by atoms with E-state index in [1.165, 1.54) is 0 Å². The van der Waals surface area contributed by atoms with Gasteiger partial charge in [-0.1, -0.05) is 35.9 Å². The molecule has 0 radical (unpaired) electrons. The number of hydrogen-bond acceptors (Lipinski definition) is 5. The van der Waals surface area contributed by atoms with Crippen molar-refractivity contribution in [2.24, 2.45) is 0 Å². The number of ketones is 1. The molecule has 3 heterocycles. The van der Waals surface area contributed by atoms with Crippen LogP contribution in [0.3, 0.4) is 0 Å². The third-order valence-corrected chi connectivity index (χ3v) is 5.33. The number of benzene rings is 2. The first-order valence-corrected chi connectivity index (χ1v) is 9.66. The van der Waals surface area contributed by atoms with Crippen LogP contribution in [0.2, 0.25) is 5.02 Å². The number of fused-ring (bicyclic) bond motifs is 3. The average molecular weight is 405 g/mol. The van der Waals surface area contributed by atoms with Crippen molar-refractivity contribution in [1.82, 2.24) is 9.88 Å². The van der Waals surface area contributed by atoms with Gasteiger partial charge in [-0.25, -0.2) is 0 Å². The summed E-state index contributed by atoms with van der Waals surface area (Å²) in [6, 6.07) is 16.8. The van der Waals surface area contributed by atoms with Crippen LogP contribution < -0.4 is 9.47 Å². The molecule has 1 aromatic heterocycles. The number of aromatic nitrogens is 1. The molecule has 0 atom stereocenters. The van der Waals surface area contributed by atoms with Gasteiger partial charge in [-0.15, -0.1) is 0 Å². The Morgan fingerprint density at radius 3 is 2.79 bits per heavy atom. The molecular formula is C23H17ClN2O3. The predicted molar refractivity (Wildman–Crippen MR) is 110 cm³/mol. The van der Waals surface area contributed by atoms with Crippen LogP contribution in [0.1, 0.15) is 27.2 Å². The van der Waals surface area contributed by atoms with Gasteiger partial charge in [0.25, 0.3) is 0 Å². The van der Waals surface area contributed by atoms with Gasteiger partial charge in [0.2, 0.25) is 5.78 Å². The fraction of sp³-hybridized carbons (Fsp3) is 0.130. The Balaban J connectivity index is 1.45. The number of carbonyl (C=O) groups is 1. The topological polar surface area (TPSA) is 51.7 Å². The molecule has 144 valence electrons. The maximum atomic E-state index is 12.9. The smallest absolute Gasteiger partial charge is 0.231 e. The summed E-state index contributed by atoms with van der Waals surface area (Å²) in [5, 5.41) is 0.569. The zero-order valence-electron chi connectivity index (χ0n) is 15.5. The standard InChI is InChI=1S/C23H17ClN2O3/c24-19-7-2-1-5-15(19)11-21-22(27)17-8-9-20-18(23(17)29-21)13-26(14-28-20)12-16-6-3-4-10-25-16/h1-11H,12-14H2. The first kappa shape index (κ1) is 17.9. The van der Waals surface area contributed by atoms with Gasteiger partial charge in [0, 0.05) is 24.3 Å². The number of halogens is 1. The van der Waals surface area contributed by atoms with Crippen molar-refractivity contribution in [2.45, 2.75) is 13.1 Å². The molecule has 0 amide bonds. The van der Waals surface area contributed by atoms with Gasteiger partial charge in [0.05, 0.1) is 16.8 Å². The molecule has 0 bridgehead atoms. The third kappa shape index (κ3) is 3.39. The summed E-state index contributed by atoms with van der Waals surface area (Å²) >= 11 is 6.23. The number of nitrogens with zero attached hydrogens (tertiary/aromatic N) is 2. The maximum absolute atomic E-state index is 12.9. The lowest BCUT2D eigenvalue weighted by Gasteiger charge is -2.29. The number of pyridine rings is 1. The number of hydrogen-bond donors (Lipinski definition) is 0. The first-order valence-electron chi connectivity index (χ1n) is 9.29. The molecule has 0 spiro atoms. The van der Waals surface area contributed by atoms with Crippen molar-refractivity contribution >= 4 is 23.5 Å². The highest BCUT2D eigenvalue weighted by Gasteiger charge is 2.33. The van der Waals surface area contributed by atoms with Crippen LogP contribution >= 0.6 is 11.6 Å². The van der Waals surface area contributed by atoms with Crippen LogP contribution in [0.4, 0.5) is 0 Å². The van der Waals surface area contributed by atoms with E-state index in [-0.39, 0.29) is 11.5 Å². The van der Waals surface area contributed by atoms with Gasteiger partial charge in [-0.05, 0) is 42.0 Å². The lowest BCUT2D eigenvalue weighted by Crippen LogP contribution is -2.32. The fourth-order valence-electron chi connectivity index (χ4n) is 3.56. The van der Waals surface area contributed by atoms with Crippen LogP contribution in [0, 0.1) is 0 Å². The van der Waals surface area contributed by atoms with E-state index in [1.807, 2.05) is 42.5 Å². The largest absolute Gasteiger partial charge is 0.478 e. The van der Waals surface area contributed by atoms with Crippen molar-refractivity contribution in [2.75, 3.05) is 6.73 Å². The highest BCUT2D eigenvalue weighted by Crippen LogP contribution is 2.42. The van der Waals surface area contributed by atoms with Gasteiger partial charge in [-0.3, -0.25) is 14.7 Å². The molecule has 2 aromatic carbocycles. The molecule has 3 aromatic rings. The van der Waals surface area contributed by atoms with Gasteiger partial charge in [0.15, 0.2) is 5.76 Å². The molecule has 2 aliphatic rings. The van der Waals surface area contributed by atoms with E-state index >= 15 is 0 Å². The highest BCUT2D eigenvalue weighted by atomic mass is 35.5. The van der Waals surface area contributed by atoms with Crippen molar-refractivity contribution in [1.29, 1.82) is 0 Å². The summed E-state index contributed by atoms with van der Waals surface area (Å²) < 4.78 is 11.9. The quantitative estimate of drug-likeness (QED) is 0.592. The number of Topliss-reactive ketones (excluding diaryl/α,β-unsaturated/α-hetero) is 1. The van der Waals surface area contributed by atoms with Crippen LogP contribution in [-0.4, -0.2) is 22.4 Å². The minimum atomic E-state index is -0.149. The summed E-state index contributed by atoms with van der Waals surface area (Å²) in [4.78, 5) is 19.4. The molecule has 0 fully saturated rings. The lowest BCUT2D eigenvalue weighted by atomic mass is 10.0. The Labute approximate surface area is 173 Å². The fourth-order valence-corrected chi connectivity index (χ4v) is 3.75. The van der Waals surface area contributed by atoms with Gasteiger partial charge in [0.1, 0.15) is 18.2 Å². The number of ether oxygens (including phenoxy) is 2. The Morgan fingerprint density at radius 2 is 1.97 bits per heavy atom. The molecule has 6 heteroatoms. The van der Waals surface area contributed by atoms with Crippen LogP contribution in [0.25, 0.3) is 6.08 Å². The van der Waals surface area contributed by atoms with Gasteiger partial charge >= 0.3 is 0 Å². The Bertz CT molecular complexity index is 1130. The number of rotatable bonds is 3. The predicted octanol–water partition coefficient (Wildman–Crippen LogP) is 4.70. The molecule has 5 rings (SSSR count). The summed E-state index contributed by atoms with van der Waals surface area (Å²) in [5.41, 5.74) is 3.13. The monoisotopic (exact) mass is 404 g/mol. The van der Waals surface area contributed by atoms with E-state index in [0.29, 0.717) is 36.2 Å². The number of carbonyl (C=O) groups excluding carboxylic acids is 1. The van der Waals surface area contributed by atoms with Crippen molar-refractivity contribution in [3.05, 3.63) is 94.0 Å². The van der Waals surface area contributed by atoms with Crippen molar-refractivity contribution in [3.8, 4) is 11.5 Å². The molecule has 0 aliphatic carbocycles. The Kier molecular flexibility index (Phi) is 4.54.